The summed E-state index contributed by atoms with van der Waals surface area (Å²) in [6, 6.07) is 12.5. The lowest BCUT2D eigenvalue weighted by Gasteiger charge is -2.40. The van der Waals surface area contributed by atoms with Gasteiger partial charge in [-0.25, -0.2) is 13.1 Å². The third-order valence-electron chi connectivity index (χ3n) is 4.63. The van der Waals surface area contributed by atoms with Crippen LogP contribution in [0.15, 0.2) is 52.7 Å². The minimum Gasteiger partial charge on any atom is -0.304 e. The fourth-order valence-electron chi connectivity index (χ4n) is 3.28. The number of thiophene rings is 1. The molecule has 1 N–H and O–H groups in total. The average molecular weight is 380 g/mol. The topological polar surface area (TPSA) is 52.7 Å². The van der Waals surface area contributed by atoms with Gasteiger partial charge in [0, 0.05) is 37.1 Å². The second-order valence-corrected chi connectivity index (χ2v) is 9.22. The molecule has 1 aliphatic rings. The van der Waals surface area contributed by atoms with E-state index >= 15 is 0 Å². The van der Waals surface area contributed by atoms with Gasteiger partial charge in [-0.1, -0.05) is 24.3 Å². The van der Waals surface area contributed by atoms with Crippen molar-refractivity contribution in [3.63, 3.8) is 0 Å². The van der Waals surface area contributed by atoms with Crippen molar-refractivity contribution in [2.24, 2.45) is 0 Å². The number of benzene rings is 1. The third kappa shape index (κ3) is 4.48. The third-order valence-corrected chi connectivity index (χ3v) is 7.15. The van der Waals surface area contributed by atoms with Crippen LogP contribution in [-0.2, 0) is 10.0 Å². The Kier molecular flexibility index (Phi) is 5.91. The van der Waals surface area contributed by atoms with Crippen LogP contribution in [0.1, 0.15) is 17.8 Å². The SMILES string of the molecule is C[C@H](NS(=O)(=O)c1ccccc1)[C@H](c1cccs1)N1CCN(C)CC1. The summed E-state index contributed by atoms with van der Waals surface area (Å²) in [4.78, 5) is 6.21. The van der Waals surface area contributed by atoms with E-state index in [-0.39, 0.29) is 12.1 Å². The van der Waals surface area contributed by atoms with E-state index in [9.17, 15) is 8.42 Å². The number of piperazine rings is 1. The molecule has 25 heavy (non-hydrogen) atoms. The summed E-state index contributed by atoms with van der Waals surface area (Å²) in [7, 11) is -1.40. The van der Waals surface area contributed by atoms with Crippen molar-refractivity contribution in [2.45, 2.75) is 23.9 Å². The molecule has 0 aliphatic carbocycles. The summed E-state index contributed by atoms with van der Waals surface area (Å²) in [6.07, 6.45) is 0. The van der Waals surface area contributed by atoms with Gasteiger partial charge in [0.25, 0.3) is 0 Å². The fraction of sp³-hybridized carbons (Fsp3) is 0.444. The Balaban J connectivity index is 1.81. The second kappa shape index (κ2) is 7.97. The number of likely N-dealkylation sites (N-methyl/N-ethyl adjacent to an activating group) is 1. The molecular formula is C18H25N3O2S2. The zero-order chi connectivity index (χ0) is 17.9. The van der Waals surface area contributed by atoms with Crippen molar-refractivity contribution < 1.29 is 8.42 Å². The molecule has 0 unspecified atom stereocenters. The maximum Gasteiger partial charge on any atom is 0.240 e. The first-order valence-corrected chi connectivity index (χ1v) is 10.9. The Morgan fingerprint density at radius 3 is 2.32 bits per heavy atom. The molecular weight excluding hydrogens is 354 g/mol. The minimum atomic E-state index is -3.53. The Bertz CT molecular complexity index is 755. The quantitative estimate of drug-likeness (QED) is 0.837. The lowest BCUT2D eigenvalue weighted by Crippen LogP contribution is -2.51. The molecule has 1 fully saturated rings. The lowest BCUT2D eigenvalue weighted by atomic mass is 10.1. The predicted octanol–water partition coefficient (Wildman–Crippen LogP) is 2.40. The molecule has 0 bridgehead atoms. The van der Waals surface area contributed by atoms with Crippen LogP contribution in [0.5, 0.6) is 0 Å². The van der Waals surface area contributed by atoms with Crippen molar-refractivity contribution in [3.8, 4) is 0 Å². The van der Waals surface area contributed by atoms with E-state index in [1.165, 1.54) is 4.88 Å². The van der Waals surface area contributed by atoms with Gasteiger partial charge in [0.1, 0.15) is 0 Å². The van der Waals surface area contributed by atoms with Gasteiger partial charge < -0.3 is 4.90 Å². The molecule has 5 nitrogen and oxygen atoms in total. The summed E-state index contributed by atoms with van der Waals surface area (Å²) in [5.74, 6) is 0. The summed E-state index contributed by atoms with van der Waals surface area (Å²) in [5, 5.41) is 2.05. The molecule has 0 amide bonds. The molecule has 3 rings (SSSR count). The highest BCUT2D eigenvalue weighted by Crippen LogP contribution is 2.30. The number of nitrogens with zero attached hydrogens (tertiary/aromatic N) is 2. The van der Waals surface area contributed by atoms with Gasteiger partial charge in [0.15, 0.2) is 0 Å². The Hall–Kier alpha value is -1.25. The van der Waals surface area contributed by atoms with Crippen molar-refractivity contribution in [2.75, 3.05) is 33.2 Å². The largest absolute Gasteiger partial charge is 0.304 e. The van der Waals surface area contributed by atoms with Crippen molar-refractivity contribution in [1.82, 2.24) is 14.5 Å². The van der Waals surface area contributed by atoms with Crippen LogP contribution in [0, 0.1) is 0 Å². The molecule has 2 heterocycles. The molecule has 7 heteroatoms. The summed E-state index contributed by atoms with van der Waals surface area (Å²) < 4.78 is 28.3. The van der Waals surface area contributed by atoms with Crippen LogP contribution in [0.4, 0.5) is 0 Å². The van der Waals surface area contributed by atoms with Gasteiger partial charge in [-0.3, -0.25) is 4.90 Å². The highest BCUT2D eigenvalue weighted by Gasteiger charge is 2.31. The molecule has 1 aromatic carbocycles. The normalized spacial score (nSPS) is 19.6. The highest BCUT2D eigenvalue weighted by molar-refractivity contribution is 7.89. The number of sulfonamides is 1. The van der Waals surface area contributed by atoms with Gasteiger partial charge in [-0.2, -0.15) is 0 Å². The summed E-state index contributed by atoms with van der Waals surface area (Å²) in [5.41, 5.74) is 0. The molecule has 2 aromatic rings. The number of rotatable bonds is 6. The molecule has 1 aromatic heterocycles. The Labute approximate surface area is 154 Å². The van der Waals surface area contributed by atoms with Gasteiger partial charge >= 0.3 is 0 Å². The standard InChI is InChI=1S/C18H25N3O2S2/c1-15(19-25(22,23)16-7-4-3-5-8-16)18(17-9-6-14-24-17)21-12-10-20(2)11-13-21/h3-9,14-15,18-19H,10-13H2,1-2H3/t15-,18+/m0/s1. The van der Waals surface area contributed by atoms with E-state index < -0.39 is 10.0 Å². The molecule has 1 saturated heterocycles. The summed E-state index contributed by atoms with van der Waals surface area (Å²) in [6.45, 7) is 5.84. The smallest absolute Gasteiger partial charge is 0.240 e. The predicted molar refractivity (Wildman–Crippen MR) is 102 cm³/mol. The first-order chi connectivity index (χ1) is 12.0. The first-order valence-electron chi connectivity index (χ1n) is 8.51. The maximum atomic E-state index is 12.7. The van der Waals surface area contributed by atoms with Gasteiger partial charge in [-0.05, 0) is 37.6 Å². The number of nitrogens with one attached hydrogen (secondary N) is 1. The highest BCUT2D eigenvalue weighted by atomic mass is 32.2. The van der Waals surface area contributed by atoms with E-state index in [2.05, 4.69) is 33.0 Å². The van der Waals surface area contributed by atoms with Gasteiger partial charge in [0.05, 0.1) is 10.9 Å². The molecule has 0 radical (unpaired) electrons. The minimum absolute atomic E-state index is 0.0483. The van der Waals surface area contributed by atoms with E-state index in [0.29, 0.717) is 4.90 Å². The van der Waals surface area contributed by atoms with Crippen LogP contribution < -0.4 is 4.72 Å². The molecule has 2 atom stereocenters. The Morgan fingerprint density at radius 2 is 1.72 bits per heavy atom. The van der Waals surface area contributed by atoms with E-state index in [4.69, 9.17) is 0 Å². The second-order valence-electron chi connectivity index (χ2n) is 6.52. The molecule has 0 spiro atoms. The number of hydrogen-bond acceptors (Lipinski definition) is 5. The maximum absolute atomic E-state index is 12.7. The average Bonchev–Trinajstić information content (AvgIpc) is 3.11. The van der Waals surface area contributed by atoms with Crippen molar-refractivity contribution in [1.29, 1.82) is 0 Å². The lowest BCUT2D eigenvalue weighted by molar-refractivity contribution is 0.0994. The Morgan fingerprint density at radius 1 is 1.04 bits per heavy atom. The monoisotopic (exact) mass is 379 g/mol. The van der Waals surface area contributed by atoms with Crippen molar-refractivity contribution in [3.05, 3.63) is 52.7 Å². The van der Waals surface area contributed by atoms with Crippen molar-refractivity contribution >= 4 is 21.4 Å². The van der Waals surface area contributed by atoms with Crippen LogP contribution >= 0.6 is 11.3 Å². The van der Waals surface area contributed by atoms with E-state index in [1.807, 2.05) is 19.1 Å². The zero-order valence-corrected chi connectivity index (χ0v) is 16.3. The number of hydrogen-bond donors (Lipinski definition) is 1. The van der Waals surface area contributed by atoms with Crippen LogP contribution in [-0.4, -0.2) is 57.5 Å². The van der Waals surface area contributed by atoms with Crippen LogP contribution in [0.25, 0.3) is 0 Å². The molecule has 0 saturated carbocycles. The fourth-order valence-corrected chi connectivity index (χ4v) is 5.51. The van der Waals surface area contributed by atoms with E-state index in [0.717, 1.165) is 26.2 Å². The molecule has 1 aliphatic heterocycles. The van der Waals surface area contributed by atoms with Crippen LogP contribution in [0.3, 0.4) is 0 Å². The summed E-state index contributed by atoms with van der Waals surface area (Å²) >= 11 is 1.69. The zero-order valence-electron chi connectivity index (χ0n) is 14.6. The first kappa shape index (κ1) is 18.5. The van der Waals surface area contributed by atoms with Gasteiger partial charge in [-0.15, -0.1) is 11.3 Å². The van der Waals surface area contributed by atoms with Gasteiger partial charge in [0.2, 0.25) is 10.0 Å². The van der Waals surface area contributed by atoms with Crippen LogP contribution in [0.2, 0.25) is 0 Å². The van der Waals surface area contributed by atoms with E-state index in [1.54, 1.807) is 35.6 Å². The molecule has 136 valence electrons.